The molecule has 0 saturated heterocycles. The summed E-state index contributed by atoms with van der Waals surface area (Å²) in [6.45, 7) is 3.89. The normalized spacial score (nSPS) is 10.5. The zero-order chi connectivity index (χ0) is 17.4. The molecule has 0 fully saturated rings. The van der Waals surface area contributed by atoms with E-state index in [0.29, 0.717) is 18.8 Å². The smallest absolute Gasteiger partial charge is 0.319 e. The highest BCUT2D eigenvalue weighted by atomic mass is 16.5. The molecule has 0 aliphatic carbocycles. The van der Waals surface area contributed by atoms with E-state index in [1.54, 1.807) is 6.07 Å². The first kappa shape index (κ1) is 17.8. The standard InChI is InChI=1S/C19H25N3O2/c1-4-24-18-10-6-9-17(12-18)21-19(23)20-13-15-7-5-8-16(11-15)14-22(2)3/h5-12H,4,13-14H2,1-3H3,(H2,20,21,23). The number of rotatable bonds is 7. The lowest BCUT2D eigenvalue weighted by Gasteiger charge is -2.12. The van der Waals surface area contributed by atoms with Gasteiger partial charge in [-0.2, -0.15) is 0 Å². The van der Waals surface area contributed by atoms with Crippen LogP contribution in [0.2, 0.25) is 0 Å². The molecule has 2 rings (SSSR count). The second-order valence-corrected chi connectivity index (χ2v) is 5.83. The molecule has 0 bridgehead atoms. The van der Waals surface area contributed by atoms with Crippen molar-refractivity contribution >= 4 is 11.7 Å². The fourth-order valence-electron chi connectivity index (χ4n) is 2.39. The van der Waals surface area contributed by atoms with Crippen molar-refractivity contribution in [3.63, 3.8) is 0 Å². The molecule has 0 aliphatic heterocycles. The Labute approximate surface area is 143 Å². The number of hydrogen-bond donors (Lipinski definition) is 2. The quantitative estimate of drug-likeness (QED) is 0.819. The Hall–Kier alpha value is -2.53. The van der Waals surface area contributed by atoms with Gasteiger partial charge in [0.2, 0.25) is 0 Å². The summed E-state index contributed by atoms with van der Waals surface area (Å²) in [6, 6.07) is 15.3. The Kier molecular flexibility index (Phi) is 6.63. The first-order valence-corrected chi connectivity index (χ1v) is 8.07. The van der Waals surface area contributed by atoms with Gasteiger partial charge >= 0.3 is 6.03 Å². The summed E-state index contributed by atoms with van der Waals surface area (Å²) < 4.78 is 5.43. The number of carbonyl (C=O) groups excluding carboxylic acids is 1. The molecule has 5 nitrogen and oxygen atoms in total. The van der Waals surface area contributed by atoms with Crippen molar-refractivity contribution in [3.05, 3.63) is 59.7 Å². The van der Waals surface area contributed by atoms with Crippen molar-refractivity contribution in [2.75, 3.05) is 26.0 Å². The molecular formula is C19H25N3O2. The van der Waals surface area contributed by atoms with Gasteiger partial charge in [0.05, 0.1) is 6.61 Å². The highest BCUT2D eigenvalue weighted by Gasteiger charge is 2.04. The third-order valence-electron chi connectivity index (χ3n) is 3.35. The summed E-state index contributed by atoms with van der Waals surface area (Å²) in [7, 11) is 4.07. The molecule has 2 amide bonds. The van der Waals surface area contributed by atoms with Gasteiger partial charge in [-0.25, -0.2) is 4.79 Å². The zero-order valence-electron chi connectivity index (χ0n) is 14.5. The summed E-state index contributed by atoms with van der Waals surface area (Å²) in [5.41, 5.74) is 3.01. The molecular weight excluding hydrogens is 302 g/mol. The van der Waals surface area contributed by atoms with Crippen LogP contribution in [0.15, 0.2) is 48.5 Å². The minimum atomic E-state index is -0.235. The van der Waals surface area contributed by atoms with Gasteiger partial charge in [-0.3, -0.25) is 0 Å². The topological polar surface area (TPSA) is 53.6 Å². The monoisotopic (exact) mass is 327 g/mol. The van der Waals surface area contributed by atoms with Crippen LogP contribution in [0.3, 0.4) is 0 Å². The number of nitrogens with zero attached hydrogens (tertiary/aromatic N) is 1. The fraction of sp³-hybridized carbons (Fsp3) is 0.316. The number of ether oxygens (including phenoxy) is 1. The number of benzene rings is 2. The first-order chi connectivity index (χ1) is 11.6. The second kappa shape index (κ2) is 8.93. The van der Waals surface area contributed by atoms with Crippen LogP contribution < -0.4 is 15.4 Å². The van der Waals surface area contributed by atoms with E-state index in [0.717, 1.165) is 17.9 Å². The Bertz CT molecular complexity index is 671. The lowest BCUT2D eigenvalue weighted by molar-refractivity contribution is 0.251. The van der Waals surface area contributed by atoms with Gasteiger partial charge in [-0.15, -0.1) is 0 Å². The molecule has 2 aromatic rings. The van der Waals surface area contributed by atoms with Crippen LogP contribution in [-0.2, 0) is 13.1 Å². The van der Waals surface area contributed by atoms with Gasteiger partial charge in [0.15, 0.2) is 0 Å². The van der Waals surface area contributed by atoms with Crippen molar-refractivity contribution in [2.24, 2.45) is 0 Å². The SMILES string of the molecule is CCOc1cccc(NC(=O)NCc2cccc(CN(C)C)c2)c1. The van der Waals surface area contributed by atoms with E-state index < -0.39 is 0 Å². The Morgan fingerprint density at radius 2 is 1.83 bits per heavy atom. The Balaban J connectivity index is 1.88. The van der Waals surface area contributed by atoms with Gasteiger partial charge < -0.3 is 20.3 Å². The summed E-state index contributed by atoms with van der Waals surface area (Å²) >= 11 is 0. The predicted octanol–water partition coefficient (Wildman–Crippen LogP) is 3.47. The highest BCUT2D eigenvalue weighted by molar-refractivity contribution is 5.89. The molecule has 24 heavy (non-hydrogen) atoms. The average Bonchev–Trinajstić information content (AvgIpc) is 2.53. The number of hydrogen-bond acceptors (Lipinski definition) is 3. The van der Waals surface area contributed by atoms with E-state index >= 15 is 0 Å². The van der Waals surface area contributed by atoms with Crippen molar-refractivity contribution in [2.45, 2.75) is 20.0 Å². The third kappa shape index (κ3) is 5.93. The number of amides is 2. The van der Waals surface area contributed by atoms with Gasteiger partial charge in [-0.05, 0) is 44.3 Å². The van der Waals surface area contributed by atoms with Crippen molar-refractivity contribution in [3.8, 4) is 5.75 Å². The van der Waals surface area contributed by atoms with Gasteiger partial charge in [0, 0.05) is 24.8 Å². The van der Waals surface area contributed by atoms with Gasteiger partial charge in [0.25, 0.3) is 0 Å². The maximum atomic E-state index is 12.0. The predicted molar refractivity (Wildman–Crippen MR) is 97.3 cm³/mol. The molecule has 0 atom stereocenters. The summed E-state index contributed by atoms with van der Waals surface area (Å²) in [5.74, 6) is 0.742. The van der Waals surface area contributed by atoms with E-state index in [1.807, 2.05) is 51.4 Å². The van der Waals surface area contributed by atoms with E-state index in [1.165, 1.54) is 5.56 Å². The maximum absolute atomic E-state index is 12.0. The lowest BCUT2D eigenvalue weighted by atomic mass is 10.1. The number of urea groups is 1. The summed E-state index contributed by atoms with van der Waals surface area (Å²) in [5, 5.41) is 5.69. The van der Waals surface area contributed by atoms with E-state index in [-0.39, 0.29) is 6.03 Å². The fourth-order valence-corrected chi connectivity index (χ4v) is 2.39. The van der Waals surface area contributed by atoms with Crippen LogP contribution in [0.1, 0.15) is 18.1 Å². The minimum absolute atomic E-state index is 0.235. The molecule has 0 heterocycles. The molecule has 0 aromatic heterocycles. The maximum Gasteiger partial charge on any atom is 0.319 e. The van der Waals surface area contributed by atoms with Crippen molar-refractivity contribution in [1.82, 2.24) is 10.2 Å². The summed E-state index contributed by atoms with van der Waals surface area (Å²) in [4.78, 5) is 14.2. The van der Waals surface area contributed by atoms with Crippen LogP contribution in [0.25, 0.3) is 0 Å². The molecule has 0 spiro atoms. The number of nitrogens with one attached hydrogen (secondary N) is 2. The highest BCUT2D eigenvalue weighted by Crippen LogP contribution is 2.17. The zero-order valence-corrected chi connectivity index (χ0v) is 14.5. The van der Waals surface area contributed by atoms with Crippen LogP contribution >= 0.6 is 0 Å². The minimum Gasteiger partial charge on any atom is -0.494 e. The van der Waals surface area contributed by atoms with Crippen LogP contribution in [0.4, 0.5) is 10.5 Å². The first-order valence-electron chi connectivity index (χ1n) is 8.07. The van der Waals surface area contributed by atoms with E-state index in [2.05, 4.69) is 27.7 Å². The lowest BCUT2D eigenvalue weighted by Crippen LogP contribution is -2.28. The molecule has 0 unspecified atom stereocenters. The van der Waals surface area contributed by atoms with Crippen molar-refractivity contribution in [1.29, 1.82) is 0 Å². The van der Waals surface area contributed by atoms with Crippen LogP contribution in [-0.4, -0.2) is 31.6 Å². The molecule has 0 aliphatic rings. The molecule has 2 N–H and O–H groups in total. The molecule has 5 heteroatoms. The Morgan fingerprint density at radius 3 is 2.58 bits per heavy atom. The van der Waals surface area contributed by atoms with Crippen LogP contribution in [0.5, 0.6) is 5.75 Å². The van der Waals surface area contributed by atoms with Crippen molar-refractivity contribution < 1.29 is 9.53 Å². The van der Waals surface area contributed by atoms with E-state index in [9.17, 15) is 4.79 Å². The van der Waals surface area contributed by atoms with E-state index in [4.69, 9.17) is 4.74 Å². The average molecular weight is 327 g/mol. The Morgan fingerprint density at radius 1 is 1.08 bits per heavy atom. The van der Waals surface area contributed by atoms with Crippen LogP contribution in [0, 0.1) is 0 Å². The largest absolute Gasteiger partial charge is 0.494 e. The van der Waals surface area contributed by atoms with Gasteiger partial charge in [-0.1, -0.05) is 30.3 Å². The number of anilines is 1. The number of carbonyl (C=O) groups is 1. The molecule has 128 valence electrons. The van der Waals surface area contributed by atoms with Gasteiger partial charge in [0.1, 0.15) is 5.75 Å². The third-order valence-corrected chi connectivity index (χ3v) is 3.35. The molecule has 2 aromatic carbocycles. The molecule has 0 saturated carbocycles. The molecule has 0 radical (unpaired) electrons. The second-order valence-electron chi connectivity index (χ2n) is 5.83. The summed E-state index contributed by atoms with van der Waals surface area (Å²) in [6.07, 6.45) is 0.